The van der Waals surface area contributed by atoms with Gasteiger partial charge in [0, 0.05) is 23.2 Å². The highest BCUT2D eigenvalue weighted by Crippen LogP contribution is 2.28. The molecule has 0 saturated carbocycles. The molecule has 108 valence electrons. The fraction of sp³-hybridized carbons (Fsp3) is 0.412. The van der Waals surface area contributed by atoms with Gasteiger partial charge in [0.15, 0.2) is 0 Å². The normalized spacial score (nSPS) is 12.8. The molecule has 1 heterocycles. The summed E-state index contributed by atoms with van der Waals surface area (Å²) in [5, 5.41) is 5.77. The number of hydrogen-bond donors (Lipinski definition) is 2. The topological polar surface area (TPSA) is 38.0 Å². The fourth-order valence-electron chi connectivity index (χ4n) is 2.67. The average molecular weight is 288 g/mol. The highest BCUT2D eigenvalue weighted by atomic mass is 32.1. The zero-order valence-corrected chi connectivity index (χ0v) is 13.1. The van der Waals surface area contributed by atoms with Crippen LogP contribution in [0.3, 0.4) is 0 Å². The van der Waals surface area contributed by atoms with Crippen LogP contribution in [0, 0.1) is 5.92 Å². The number of rotatable bonds is 7. The van der Waals surface area contributed by atoms with Crippen LogP contribution in [-0.4, -0.2) is 0 Å². The number of nitrogen functional groups attached to an aromatic ring is 1. The second kappa shape index (κ2) is 7.46. The van der Waals surface area contributed by atoms with E-state index in [1.54, 1.807) is 11.3 Å². The Balaban J connectivity index is 2.13. The molecule has 0 fully saturated rings. The zero-order valence-electron chi connectivity index (χ0n) is 12.3. The highest BCUT2D eigenvalue weighted by Gasteiger charge is 2.20. The van der Waals surface area contributed by atoms with E-state index in [4.69, 9.17) is 5.73 Å². The van der Waals surface area contributed by atoms with Crippen molar-refractivity contribution in [2.45, 2.75) is 39.3 Å². The lowest BCUT2D eigenvalue weighted by molar-refractivity contribution is 0.340. The summed E-state index contributed by atoms with van der Waals surface area (Å²) in [5.41, 5.74) is 8.25. The van der Waals surface area contributed by atoms with Gasteiger partial charge in [-0.25, -0.2) is 0 Å². The van der Waals surface area contributed by atoms with Gasteiger partial charge >= 0.3 is 0 Å². The summed E-state index contributed by atoms with van der Waals surface area (Å²) in [5.74, 6) is 0.651. The van der Waals surface area contributed by atoms with Crippen molar-refractivity contribution < 1.29 is 0 Å². The lowest BCUT2D eigenvalue weighted by Crippen LogP contribution is -2.27. The molecule has 0 saturated heterocycles. The molecule has 0 amide bonds. The molecule has 0 radical (unpaired) electrons. The number of anilines is 1. The highest BCUT2D eigenvalue weighted by molar-refractivity contribution is 7.10. The molecule has 1 atom stereocenters. The summed E-state index contributed by atoms with van der Waals surface area (Å²) in [4.78, 5) is 1.23. The first kappa shape index (κ1) is 15.1. The maximum atomic E-state index is 5.98. The molecular formula is C17H24N2S. The van der Waals surface area contributed by atoms with Crippen LogP contribution >= 0.6 is 11.3 Å². The van der Waals surface area contributed by atoms with E-state index in [0.717, 1.165) is 12.2 Å². The number of hydrogen-bond acceptors (Lipinski definition) is 3. The van der Waals surface area contributed by atoms with Crippen molar-refractivity contribution in [2.24, 2.45) is 5.92 Å². The largest absolute Gasteiger partial charge is 0.398 e. The molecule has 1 unspecified atom stereocenters. The first-order valence-electron chi connectivity index (χ1n) is 7.36. The van der Waals surface area contributed by atoms with Crippen LogP contribution in [0.2, 0.25) is 0 Å². The van der Waals surface area contributed by atoms with Crippen molar-refractivity contribution >= 4 is 17.0 Å². The van der Waals surface area contributed by atoms with E-state index in [1.807, 2.05) is 6.07 Å². The Bertz CT molecular complexity index is 503. The average Bonchev–Trinajstić information content (AvgIpc) is 2.90. The molecule has 2 aromatic rings. The van der Waals surface area contributed by atoms with Gasteiger partial charge in [0.05, 0.1) is 0 Å². The van der Waals surface area contributed by atoms with Crippen LogP contribution in [0.15, 0.2) is 41.8 Å². The molecule has 3 N–H and O–H groups in total. The van der Waals surface area contributed by atoms with Gasteiger partial charge in [0.2, 0.25) is 0 Å². The van der Waals surface area contributed by atoms with E-state index in [1.165, 1.54) is 23.3 Å². The first-order chi connectivity index (χ1) is 9.76. The first-order valence-corrected chi connectivity index (χ1v) is 8.24. The molecule has 2 nitrogen and oxygen atoms in total. The van der Waals surface area contributed by atoms with E-state index >= 15 is 0 Å². The number of benzene rings is 1. The van der Waals surface area contributed by atoms with Gasteiger partial charge in [0.25, 0.3) is 0 Å². The third-order valence-electron chi connectivity index (χ3n) is 3.94. The van der Waals surface area contributed by atoms with E-state index in [0.29, 0.717) is 12.0 Å². The fourth-order valence-corrected chi connectivity index (χ4v) is 3.42. The Labute approximate surface area is 126 Å². The van der Waals surface area contributed by atoms with Gasteiger partial charge in [-0.3, -0.25) is 0 Å². The molecule has 1 aromatic heterocycles. The Kier molecular flexibility index (Phi) is 5.62. The van der Waals surface area contributed by atoms with Crippen molar-refractivity contribution in [3.8, 4) is 0 Å². The predicted molar refractivity (Wildman–Crippen MR) is 88.8 cm³/mol. The van der Waals surface area contributed by atoms with Crippen molar-refractivity contribution in [3.63, 3.8) is 0 Å². The second-order valence-electron chi connectivity index (χ2n) is 5.14. The number of nitrogens with one attached hydrogen (secondary N) is 1. The van der Waals surface area contributed by atoms with Gasteiger partial charge in [-0.05, 0) is 22.9 Å². The Hall–Kier alpha value is -1.32. The third-order valence-corrected chi connectivity index (χ3v) is 4.88. The van der Waals surface area contributed by atoms with Crippen LogP contribution in [0.1, 0.15) is 43.2 Å². The second-order valence-corrected chi connectivity index (χ2v) is 6.15. The zero-order chi connectivity index (χ0) is 14.4. The minimum absolute atomic E-state index is 0.396. The van der Waals surface area contributed by atoms with Gasteiger partial charge in [-0.15, -0.1) is 11.3 Å². The molecule has 0 bridgehead atoms. The van der Waals surface area contributed by atoms with Gasteiger partial charge in [-0.2, -0.15) is 0 Å². The molecule has 20 heavy (non-hydrogen) atoms. The van der Waals surface area contributed by atoms with Crippen molar-refractivity contribution in [1.82, 2.24) is 5.32 Å². The van der Waals surface area contributed by atoms with Crippen LogP contribution < -0.4 is 11.1 Å². The maximum absolute atomic E-state index is 5.98. The lowest BCUT2D eigenvalue weighted by Gasteiger charge is -2.27. The van der Waals surface area contributed by atoms with Crippen LogP contribution in [0.4, 0.5) is 5.69 Å². The lowest BCUT2D eigenvalue weighted by atomic mass is 9.89. The molecule has 2 rings (SSSR count). The third kappa shape index (κ3) is 3.62. The smallest absolute Gasteiger partial charge is 0.0468 e. The van der Waals surface area contributed by atoms with Crippen LogP contribution in [-0.2, 0) is 6.54 Å². The molecular weight excluding hydrogens is 264 g/mol. The quantitative estimate of drug-likeness (QED) is 0.781. The Morgan fingerprint density at radius 2 is 1.80 bits per heavy atom. The number of thiophene rings is 1. The van der Waals surface area contributed by atoms with Gasteiger partial charge < -0.3 is 11.1 Å². The van der Waals surface area contributed by atoms with Crippen molar-refractivity contribution in [1.29, 1.82) is 0 Å². The minimum Gasteiger partial charge on any atom is -0.398 e. The monoisotopic (exact) mass is 288 g/mol. The molecule has 0 aliphatic carbocycles. The molecule has 1 aromatic carbocycles. The van der Waals surface area contributed by atoms with E-state index in [9.17, 15) is 0 Å². The minimum atomic E-state index is 0.396. The molecule has 3 heteroatoms. The van der Waals surface area contributed by atoms with Crippen LogP contribution in [0.5, 0.6) is 0 Å². The maximum Gasteiger partial charge on any atom is 0.0468 e. The van der Waals surface area contributed by atoms with E-state index in [-0.39, 0.29) is 0 Å². The molecule has 0 spiro atoms. The molecule has 0 aliphatic heterocycles. The summed E-state index contributed by atoms with van der Waals surface area (Å²) in [7, 11) is 0. The Morgan fingerprint density at radius 3 is 2.35 bits per heavy atom. The summed E-state index contributed by atoms with van der Waals surface area (Å²) in [6, 6.07) is 13.1. The van der Waals surface area contributed by atoms with Gasteiger partial charge in [-0.1, -0.05) is 57.0 Å². The Morgan fingerprint density at radius 1 is 1.10 bits per heavy atom. The van der Waals surface area contributed by atoms with Gasteiger partial charge in [0.1, 0.15) is 0 Å². The van der Waals surface area contributed by atoms with Crippen molar-refractivity contribution in [2.75, 3.05) is 5.73 Å². The standard InChI is InChI=1S/C17H24N2S/c1-3-13(4-2)17(14-8-6-5-7-9-14)19-12-16-15(18)10-11-20-16/h5-11,13,17,19H,3-4,12,18H2,1-2H3. The number of nitrogens with two attached hydrogens (primary N) is 1. The summed E-state index contributed by atoms with van der Waals surface area (Å²) in [6.07, 6.45) is 2.37. The SMILES string of the molecule is CCC(CC)C(NCc1sccc1N)c1ccccc1. The van der Waals surface area contributed by atoms with E-state index in [2.05, 4.69) is 54.9 Å². The molecule has 0 aliphatic rings. The predicted octanol–water partition coefficient (Wildman–Crippen LogP) is 4.60. The summed E-state index contributed by atoms with van der Waals surface area (Å²) < 4.78 is 0. The summed E-state index contributed by atoms with van der Waals surface area (Å²) >= 11 is 1.73. The van der Waals surface area contributed by atoms with Crippen LogP contribution in [0.25, 0.3) is 0 Å². The van der Waals surface area contributed by atoms with Crippen molar-refractivity contribution in [3.05, 3.63) is 52.2 Å². The summed E-state index contributed by atoms with van der Waals surface area (Å²) in [6.45, 7) is 5.39. The van der Waals surface area contributed by atoms with E-state index < -0.39 is 0 Å².